The molecule has 164 valence electrons. The quantitative estimate of drug-likeness (QED) is 0.695. The Bertz CT molecular complexity index is 883. The third kappa shape index (κ3) is 4.86. The smallest absolute Gasteiger partial charge is 0.231 e. The van der Waals surface area contributed by atoms with Crippen LogP contribution in [0.1, 0.15) is 54.7 Å². The lowest BCUT2D eigenvalue weighted by Gasteiger charge is -2.35. The van der Waals surface area contributed by atoms with Crippen molar-refractivity contribution in [3.05, 3.63) is 65.2 Å². The van der Waals surface area contributed by atoms with E-state index in [1.54, 1.807) is 0 Å². The highest BCUT2D eigenvalue weighted by Gasteiger charge is 2.29. The summed E-state index contributed by atoms with van der Waals surface area (Å²) in [4.78, 5) is 19.8. The summed E-state index contributed by atoms with van der Waals surface area (Å²) in [6, 6.07) is 17.6. The molecular weight excluding hydrogens is 382 g/mol. The molecule has 0 bridgehead atoms. The Labute approximate surface area is 186 Å². The van der Waals surface area contributed by atoms with E-state index >= 15 is 0 Å². The fraction of sp³-hybridized carbons (Fsp3) is 0.519. The highest BCUT2D eigenvalue weighted by Crippen LogP contribution is 2.37. The predicted octanol–water partition coefficient (Wildman–Crippen LogP) is 4.44. The van der Waals surface area contributed by atoms with Crippen LogP contribution in [0, 0.1) is 0 Å². The van der Waals surface area contributed by atoms with Crippen LogP contribution < -0.4 is 4.90 Å². The Morgan fingerprint density at radius 3 is 2.32 bits per heavy atom. The van der Waals surface area contributed by atoms with Crippen molar-refractivity contribution in [1.82, 2.24) is 9.80 Å². The Hall–Kier alpha value is -2.17. The average Bonchev–Trinajstić information content (AvgIpc) is 3.14. The second kappa shape index (κ2) is 9.54. The highest BCUT2D eigenvalue weighted by atomic mass is 16.2. The van der Waals surface area contributed by atoms with Gasteiger partial charge in [0, 0.05) is 51.5 Å². The number of hydrogen-bond acceptors (Lipinski definition) is 3. The van der Waals surface area contributed by atoms with E-state index in [1.165, 1.54) is 48.8 Å². The zero-order valence-electron chi connectivity index (χ0n) is 18.6. The maximum atomic E-state index is 12.7. The minimum Gasteiger partial charge on any atom is -0.311 e. The molecule has 0 radical (unpaired) electrons. The van der Waals surface area contributed by atoms with Crippen molar-refractivity contribution in [2.45, 2.75) is 51.0 Å². The van der Waals surface area contributed by atoms with Crippen LogP contribution in [0.25, 0.3) is 0 Å². The number of carbonyl (C=O) groups excluding carboxylic acids is 1. The lowest BCUT2D eigenvalue weighted by molar-refractivity contribution is -0.117. The lowest BCUT2D eigenvalue weighted by atomic mass is 9.83. The first-order valence-electron chi connectivity index (χ1n) is 12.2. The molecular formula is C27H35N3O. The molecule has 0 N–H and O–H groups in total. The van der Waals surface area contributed by atoms with Crippen LogP contribution in [-0.2, 0) is 17.8 Å². The van der Waals surface area contributed by atoms with Crippen molar-refractivity contribution in [3.8, 4) is 0 Å². The number of anilines is 1. The Morgan fingerprint density at radius 2 is 1.55 bits per heavy atom. The van der Waals surface area contributed by atoms with Crippen LogP contribution in [0.2, 0.25) is 0 Å². The third-order valence-corrected chi connectivity index (χ3v) is 7.47. The van der Waals surface area contributed by atoms with E-state index < -0.39 is 0 Å². The molecule has 2 fully saturated rings. The molecule has 4 heteroatoms. The maximum Gasteiger partial charge on any atom is 0.231 e. The second-order valence-corrected chi connectivity index (χ2v) is 9.55. The molecule has 2 aromatic carbocycles. The molecule has 0 spiro atoms. The summed E-state index contributed by atoms with van der Waals surface area (Å²) >= 11 is 0. The summed E-state index contributed by atoms with van der Waals surface area (Å²) in [6.07, 6.45) is 7.30. The predicted molar refractivity (Wildman–Crippen MR) is 126 cm³/mol. The van der Waals surface area contributed by atoms with Gasteiger partial charge in [-0.3, -0.25) is 14.6 Å². The molecule has 2 heterocycles. The van der Waals surface area contributed by atoms with Gasteiger partial charge < -0.3 is 4.90 Å². The molecule has 4 nitrogen and oxygen atoms in total. The first-order valence-corrected chi connectivity index (χ1v) is 12.2. The average molecular weight is 418 g/mol. The molecule has 2 aliphatic heterocycles. The number of nitrogens with zero attached hydrogens (tertiary/aromatic N) is 3. The molecule has 1 amide bonds. The monoisotopic (exact) mass is 417 g/mol. The van der Waals surface area contributed by atoms with Gasteiger partial charge in [-0.05, 0) is 41.5 Å². The molecule has 5 rings (SSSR count). The number of hydrogen-bond donors (Lipinski definition) is 0. The topological polar surface area (TPSA) is 26.8 Å². The van der Waals surface area contributed by atoms with Crippen LogP contribution >= 0.6 is 0 Å². The molecule has 1 saturated heterocycles. The van der Waals surface area contributed by atoms with E-state index in [-0.39, 0.29) is 5.91 Å². The SMILES string of the molecule is O=C1Cc2cc(C3CCCCC3)ccc2N1CCN1CCN(Cc2ccccc2)CC1. The number of amides is 1. The summed E-state index contributed by atoms with van der Waals surface area (Å²) in [5, 5.41) is 0. The molecule has 2 aromatic rings. The minimum atomic E-state index is 0.276. The number of rotatable bonds is 6. The second-order valence-electron chi connectivity index (χ2n) is 9.55. The number of benzene rings is 2. The third-order valence-electron chi connectivity index (χ3n) is 7.47. The van der Waals surface area contributed by atoms with Crippen molar-refractivity contribution in [1.29, 1.82) is 0 Å². The van der Waals surface area contributed by atoms with Crippen molar-refractivity contribution < 1.29 is 4.79 Å². The van der Waals surface area contributed by atoms with Crippen LogP contribution in [0.15, 0.2) is 48.5 Å². The van der Waals surface area contributed by atoms with Gasteiger partial charge in [-0.15, -0.1) is 0 Å². The standard InChI is InChI=1S/C27H35N3O/c31-27-20-25-19-24(23-9-5-2-6-10-23)11-12-26(25)30(27)18-17-28-13-15-29(16-14-28)21-22-7-3-1-4-8-22/h1,3-4,7-8,11-12,19,23H,2,5-6,9-10,13-18,20-21H2. The molecule has 31 heavy (non-hydrogen) atoms. The minimum absolute atomic E-state index is 0.276. The van der Waals surface area contributed by atoms with Gasteiger partial charge in [-0.1, -0.05) is 61.7 Å². The number of carbonyl (C=O) groups is 1. The number of fused-ring (bicyclic) bond motifs is 1. The van der Waals surface area contributed by atoms with Gasteiger partial charge in [0.15, 0.2) is 0 Å². The van der Waals surface area contributed by atoms with Crippen LogP contribution in [0.4, 0.5) is 5.69 Å². The fourth-order valence-electron chi connectivity index (χ4n) is 5.59. The maximum absolute atomic E-state index is 12.7. The van der Waals surface area contributed by atoms with E-state index in [4.69, 9.17) is 0 Å². The van der Waals surface area contributed by atoms with E-state index in [0.29, 0.717) is 12.3 Å². The Balaban J connectivity index is 1.13. The Morgan fingerprint density at radius 1 is 0.806 bits per heavy atom. The molecule has 1 saturated carbocycles. The lowest BCUT2D eigenvalue weighted by Crippen LogP contribution is -2.48. The summed E-state index contributed by atoms with van der Waals surface area (Å²) in [6.45, 7) is 7.19. The van der Waals surface area contributed by atoms with Gasteiger partial charge in [-0.25, -0.2) is 0 Å². The zero-order valence-corrected chi connectivity index (χ0v) is 18.6. The van der Waals surface area contributed by atoms with Crippen LogP contribution in [-0.4, -0.2) is 55.0 Å². The summed E-state index contributed by atoms with van der Waals surface area (Å²) in [5.41, 5.74) is 5.26. The van der Waals surface area contributed by atoms with Crippen molar-refractivity contribution in [2.24, 2.45) is 0 Å². The van der Waals surface area contributed by atoms with Gasteiger partial charge >= 0.3 is 0 Å². The van der Waals surface area contributed by atoms with E-state index in [1.807, 2.05) is 4.90 Å². The van der Waals surface area contributed by atoms with Crippen molar-refractivity contribution in [2.75, 3.05) is 44.2 Å². The summed E-state index contributed by atoms with van der Waals surface area (Å²) in [5.74, 6) is 0.980. The van der Waals surface area contributed by atoms with Gasteiger partial charge in [0.25, 0.3) is 0 Å². The molecule has 1 aliphatic carbocycles. The number of piperazine rings is 1. The highest BCUT2D eigenvalue weighted by molar-refractivity contribution is 6.01. The normalized spacial score (nSPS) is 20.9. The van der Waals surface area contributed by atoms with Crippen LogP contribution in [0.3, 0.4) is 0 Å². The first-order chi connectivity index (χ1) is 15.3. The Kier molecular flexibility index (Phi) is 6.37. The van der Waals surface area contributed by atoms with Gasteiger partial charge in [0.1, 0.15) is 0 Å². The van der Waals surface area contributed by atoms with E-state index in [0.717, 1.165) is 51.5 Å². The van der Waals surface area contributed by atoms with E-state index in [9.17, 15) is 4.79 Å². The molecule has 0 unspecified atom stereocenters. The zero-order chi connectivity index (χ0) is 21.0. The first kappa shape index (κ1) is 20.7. The molecule has 0 atom stereocenters. The van der Waals surface area contributed by atoms with Gasteiger partial charge in [-0.2, -0.15) is 0 Å². The van der Waals surface area contributed by atoms with Crippen molar-refractivity contribution in [3.63, 3.8) is 0 Å². The van der Waals surface area contributed by atoms with E-state index in [2.05, 4.69) is 58.3 Å². The van der Waals surface area contributed by atoms with Gasteiger partial charge in [0.2, 0.25) is 5.91 Å². The fourth-order valence-corrected chi connectivity index (χ4v) is 5.59. The molecule has 0 aromatic heterocycles. The van der Waals surface area contributed by atoms with Gasteiger partial charge in [0.05, 0.1) is 6.42 Å². The van der Waals surface area contributed by atoms with Crippen LogP contribution in [0.5, 0.6) is 0 Å². The largest absolute Gasteiger partial charge is 0.311 e. The molecule has 3 aliphatic rings. The summed E-state index contributed by atoms with van der Waals surface area (Å²) < 4.78 is 0. The summed E-state index contributed by atoms with van der Waals surface area (Å²) in [7, 11) is 0. The van der Waals surface area contributed by atoms with Crippen molar-refractivity contribution >= 4 is 11.6 Å².